The van der Waals surface area contributed by atoms with Crippen molar-refractivity contribution in [2.24, 2.45) is 0 Å². The first-order valence-corrected chi connectivity index (χ1v) is 6.95. The quantitative estimate of drug-likeness (QED) is 0.659. The SMILES string of the molecule is CCN(CC)c1ccc(NC(=O)C(Cl)(Cl)Cl)cc1N. The van der Waals surface area contributed by atoms with Crippen molar-refractivity contribution < 1.29 is 4.79 Å². The largest absolute Gasteiger partial charge is 0.397 e. The molecule has 106 valence electrons. The van der Waals surface area contributed by atoms with E-state index < -0.39 is 9.70 Å². The van der Waals surface area contributed by atoms with Crippen LogP contribution in [0, 0.1) is 0 Å². The molecule has 0 radical (unpaired) electrons. The molecule has 0 unspecified atom stereocenters. The zero-order valence-corrected chi connectivity index (χ0v) is 13.0. The predicted octanol–water partition coefficient (Wildman–Crippen LogP) is 3.42. The Balaban J connectivity index is 2.91. The third-order valence-corrected chi connectivity index (χ3v) is 3.16. The normalized spacial score (nSPS) is 11.2. The number of carbonyl (C=O) groups excluding carboxylic acids is 1. The highest BCUT2D eigenvalue weighted by molar-refractivity contribution is 6.76. The van der Waals surface area contributed by atoms with Crippen molar-refractivity contribution in [3.8, 4) is 0 Å². The van der Waals surface area contributed by atoms with E-state index in [9.17, 15) is 4.79 Å². The van der Waals surface area contributed by atoms with Crippen molar-refractivity contribution in [2.75, 3.05) is 29.0 Å². The molecule has 0 spiro atoms. The zero-order valence-electron chi connectivity index (χ0n) is 10.7. The maximum atomic E-state index is 11.5. The summed E-state index contributed by atoms with van der Waals surface area (Å²) in [6, 6.07) is 5.19. The molecule has 1 aromatic rings. The van der Waals surface area contributed by atoms with E-state index in [1.807, 2.05) is 19.9 Å². The van der Waals surface area contributed by atoms with Gasteiger partial charge in [0.1, 0.15) is 0 Å². The molecule has 0 saturated heterocycles. The zero-order chi connectivity index (χ0) is 14.6. The first-order chi connectivity index (χ1) is 8.79. The van der Waals surface area contributed by atoms with Crippen molar-refractivity contribution >= 4 is 57.8 Å². The summed E-state index contributed by atoms with van der Waals surface area (Å²) in [5, 5.41) is 2.49. The molecule has 0 aliphatic rings. The van der Waals surface area contributed by atoms with Crippen LogP contribution in [0.4, 0.5) is 17.1 Å². The number of carbonyl (C=O) groups is 1. The Morgan fingerprint density at radius 1 is 1.32 bits per heavy atom. The maximum Gasteiger partial charge on any atom is 0.276 e. The second kappa shape index (κ2) is 6.55. The van der Waals surface area contributed by atoms with E-state index in [2.05, 4.69) is 10.2 Å². The van der Waals surface area contributed by atoms with Gasteiger partial charge in [0.2, 0.25) is 0 Å². The second-order valence-electron chi connectivity index (χ2n) is 3.90. The van der Waals surface area contributed by atoms with E-state index >= 15 is 0 Å². The molecule has 0 aliphatic heterocycles. The Morgan fingerprint density at radius 3 is 2.32 bits per heavy atom. The van der Waals surface area contributed by atoms with E-state index in [4.69, 9.17) is 40.5 Å². The van der Waals surface area contributed by atoms with Crippen LogP contribution in [0.25, 0.3) is 0 Å². The lowest BCUT2D eigenvalue weighted by Crippen LogP contribution is -2.27. The summed E-state index contributed by atoms with van der Waals surface area (Å²) in [6.45, 7) is 5.78. The predicted molar refractivity (Wildman–Crippen MR) is 83.3 cm³/mol. The van der Waals surface area contributed by atoms with Gasteiger partial charge >= 0.3 is 0 Å². The smallest absolute Gasteiger partial charge is 0.276 e. The number of nitrogens with two attached hydrogens (primary N) is 1. The van der Waals surface area contributed by atoms with Crippen LogP contribution < -0.4 is 16.0 Å². The van der Waals surface area contributed by atoms with Crippen LogP contribution in [0.15, 0.2) is 18.2 Å². The Hall–Kier alpha value is -0.840. The van der Waals surface area contributed by atoms with E-state index in [1.165, 1.54) is 0 Å². The van der Waals surface area contributed by atoms with E-state index in [0.29, 0.717) is 11.4 Å². The Labute approximate surface area is 127 Å². The highest BCUT2D eigenvalue weighted by Crippen LogP contribution is 2.30. The second-order valence-corrected chi connectivity index (χ2v) is 6.18. The average molecular weight is 325 g/mol. The molecule has 19 heavy (non-hydrogen) atoms. The fourth-order valence-electron chi connectivity index (χ4n) is 1.69. The minimum Gasteiger partial charge on any atom is -0.397 e. The van der Waals surface area contributed by atoms with Crippen LogP contribution in [0.1, 0.15) is 13.8 Å². The lowest BCUT2D eigenvalue weighted by atomic mass is 10.2. The fraction of sp³-hybridized carbons (Fsp3) is 0.417. The molecule has 1 rings (SSSR count). The van der Waals surface area contributed by atoms with Gasteiger partial charge in [-0.05, 0) is 32.0 Å². The molecular weight excluding hydrogens is 309 g/mol. The molecule has 0 atom stereocenters. The van der Waals surface area contributed by atoms with Gasteiger partial charge in [-0.2, -0.15) is 0 Å². The summed E-state index contributed by atoms with van der Waals surface area (Å²) in [6.07, 6.45) is 0. The number of anilines is 3. The molecule has 7 heteroatoms. The molecule has 3 N–H and O–H groups in total. The van der Waals surface area contributed by atoms with Gasteiger partial charge in [-0.25, -0.2) is 0 Å². The van der Waals surface area contributed by atoms with Gasteiger partial charge in [0, 0.05) is 18.8 Å². The summed E-state index contributed by atoms with van der Waals surface area (Å²) in [5.74, 6) is -0.715. The molecule has 0 fully saturated rings. The number of hydrogen-bond donors (Lipinski definition) is 2. The summed E-state index contributed by atoms with van der Waals surface area (Å²) < 4.78 is -1.99. The minimum atomic E-state index is -1.99. The first kappa shape index (κ1) is 16.2. The van der Waals surface area contributed by atoms with E-state index in [0.717, 1.165) is 18.8 Å². The van der Waals surface area contributed by atoms with E-state index in [1.54, 1.807) is 12.1 Å². The van der Waals surface area contributed by atoms with Crippen molar-refractivity contribution in [1.29, 1.82) is 0 Å². The van der Waals surface area contributed by atoms with Gasteiger partial charge in [0.25, 0.3) is 9.70 Å². The maximum absolute atomic E-state index is 11.5. The summed E-state index contributed by atoms with van der Waals surface area (Å²) >= 11 is 16.4. The number of nitrogen functional groups attached to an aromatic ring is 1. The number of halogens is 3. The lowest BCUT2D eigenvalue weighted by molar-refractivity contribution is -0.115. The van der Waals surface area contributed by atoms with Crippen molar-refractivity contribution in [3.63, 3.8) is 0 Å². The fourth-order valence-corrected chi connectivity index (χ4v) is 1.83. The van der Waals surface area contributed by atoms with Crippen LogP contribution >= 0.6 is 34.8 Å². The van der Waals surface area contributed by atoms with Gasteiger partial charge in [0.15, 0.2) is 0 Å². The molecule has 1 aromatic carbocycles. The molecule has 0 saturated carbocycles. The monoisotopic (exact) mass is 323 g/mol. The Morgan fingerprint density at radius 2 is 1.89 bits per heavy atom. The van der Waals surface area contributed by atoms with Gasteiger partial charge in [-0.1, -0.05) is 34.8 Å². The van der Waals surface area contributed by atoms with Crippen molar-refractivity contribution in [1.82, 2.24) is 0 Å². The molecule has 0 bridgehead atoms. The van der Waals surface area contributed by atoms with Crippen LogP contribution in [0.5, 0.6) is 0 Å². The Kier molecular flexibility index (Phi) is 5.59. The summed E-state index contributed by atoms with van der Waals surface area (Å²) in [7, 11) is 0. The number of nitrogens with zero attached hydrogens (tertiary/aromatic N) is 1. The molecular formula is C12H16Cl3N3O. The molecule has 4 nitrogen and oxygen atoms in total. The molecule has 0 aliphatic carbocycles. The number of hydrogen-bond acceptors (Lipinski definition) is 3. The molecule has 1 amide bonds. The summed E-state index contributed by atoms with van der Waals surface area (Å²) in [5.41, 5.74) is 7.93. The number of alkyl halides is 3. The first-order valence-electron chi connectivity index (χ1n) is 5.82. The van der Waals surface area contributed by atoms with E-state index in [-0.39, 0.29) is 0 Å². The highest BCUT2D eigenvalue weighted by Gasteiger charge is 2.30. The van der Waals surface area contributed by atoms with Crippen LogP contribution in [0.3, 0.4) is 0 Å². The number of rotatable bonds is 4. The van der Waals surface area contributed by atoms with Crippen LogP contribution in [0.2, 0.25) is 0 Å². The van der Waals surface area contributed by atoms with Crippen molar-refractivity contribution in [3.05, 3.63) is 18.2 Å². The average Bonchev–Trinajstić information content (AvgIpc) is 2.32. The minimum absolute atomic E-state index is 0.490. The topological polar surface area (TPSA) is 58.4 Å². The van der Waals surface area contributed by atoms with Gasteiger partial charge in [-0.3, -0.25) is 4.79 Å². The third kappa shape index (κ3) is 4.34. The molecule has 0 heterocycles. The van der Waals surface area contributed by atoms with Gasteiger partial charge in [-0.15, -0.1) is 0 Å². The number of amides is 1. The summed E-state index contributed by atoms with van der Waals surface area (Å²) in [4.78, 5) is 13.6. The van der Waals surface area contributed by atoms with Crippen LogP contribution in [-0.4, -0.2) is 22.8 Å². The standard InChI is InChI=1S/C12H16Cl3N3O/c1-3-18(4-2)10-6-5-8(7-9(10)16)17-11(19)12(13,14)15/h5-7H,3-4,16H2,1-2H3,(H,17,19). The Bertz CT molecular complexity index is 456. The molecule has 0 aromatic heterocycles. The lowest BCUT2D eigenvalue weighted by Gasteiger charge is -2.23. The number of nitrogens with one attached hydrogen (secondary N) is 1. The van der Waals surface area contributed by atoms with Gasteiger partial charge < -0.3 is 16.0 Å². The highest BCUT2D eigenvalue weighted by atomic mass is 35.6. The number of benzene rings is 1. The third-order valence-electron chi connectivity index (χ3n) is 2.65. The van der Waals surface area contributed by atoms with Gasteiger partial charge in [0.05, 0.1) is 11.4 Å². The van der Waals surface area contributed by atoms with Crippen molar-refractivity contribution in [2.45, 2.75) is 17.6 Å². The van der Waals surface area contributed by atoms with Crippen LogP contribution in [-0.2, 0) is 4.79 Å².